The van der Waals surface area contributed by atoms with Crippen LogP contribution in [-0.2, 0) is 0 Å². The van der Waals surface area contributed by atoms with Gasteiger partial charge in [-0.1, -0.05) is 24.4 Å². The van der Waals surface area contributed by atoms with Gasteiger partial charge in [0, 0.05) is 18.1 Å². The Labute approximate surface area is 101 Å². The maximum atomic E-state index is 5.77. The van der Waals surface area contributed by atoms with E-state index in [9.17, 15) is 0 Å². The zero-order valence-corrected chi connectivity index (χ0v) is 10.1. The van der Waals surface area contributed by atoms with Gasteiger partial charge in [0.1, 0.15) is 5.75 Å². The average molecular weight is 248 g/mol. The predicted octanol–water partition coefficient (Wildman–Crippen LogP) is 3.91. The van der Waals surface area contributed by atoms with E-state index < -0.39 is 0 Å². The first-order chi connectivity index (χ1) is 7.33. The lowest BCUT2D eigenvalue weighted by molar-refractivity contribution is 0.304. The molecule has 84 valence electrons. The third-order valence-electron chi connectivity index (χ3n) is 1.98. The van der Waals surface area contributed by atoms with Crippen LogP contribution in [0.15, 0.2) is 18.5 Å². The first kappa shape index (κ1) is 12.6. The van der Waals surface area contributed by atoms with Gasteiger partial charge in [0.15, 0.2) is 0 Å². The molecule has 0 N–H and O–H groups in total. The topological polar surface area (TPSA) is 22.1 Å². The molecule has 0 aliphatic carbocycles. The van der Waals surface area contributed by atoms with Crippen molar-refractivity contribution >= 4 is 23.2 Å². The summed E-state index contributed by atoms with van der Waals surface area (Å²) in [5, 5.41) is 0.606. The van der Waals surface area contributed by atoms with Gasteiger partial charge >= 0.3 is 0 Å². The molecule has 0 aliphatic heterocycles. The van der Waals surface area contributed by atoms with Gasteiger partial charge in [-0.15, -0.1) is 11.6 Å². The molecule has 1 heterocycles. The van der Waals surface area contributed by atoms with Crippen LogP contribution < -0.4 is 4.74 Å². The van der Waals surface area contributed by atoms with Crippen LogP contribution in [0, 0.1) is 0 Å². The lowest BCUT2D eigenvalue weighted by Gasteiger charge is -2.05. The Balaban J connectivity index is 2.10. The molecular weight excluding hydrogens is 233 g/mol. The van der Waals surface area contributed by atoms with Crippen molar-refractivity contribution in [2.24, 2.45) is 0 Å². The second kappa shape index (κ2) is 7.77. The molecule has 0 aromatic carbocycles. The highest BCUT2D eigenvalue weighted by Crippen LogP contribution is 2.15. The average Bonchev–Trinajstić information content (AvgIpc) is 2.23. The SMILES string of the molecule is ClCCCCCCOc1cncc(Cl)c1. The molecule has 0 aliphatic rings. The molecule has 1 rings (SSSR count). The number of alkyl halides is 1. The van der Waals surface area contributed by atoms with E-state index in [-0.39, 0.29) is 0 Å². The fourth-order valence-electron chi connectivity index (χ4n) is 1.21. The quantitative estimate of drug-likeness (QED) is 0.539. The number of hydrogen-bond acceptors (Lipinski definition) is 2. The summed E-state index contributed by atoms with van der Waals surface area (Å²) in [5.41, 5.74) is 0. The van der Waals surface area contributed by atoms with Crippen LogP contribution >= 0.6 is 23.2 Å². The highest BCUT2D eigenvalue weighted by Gasteiger charge is 1.95. The van der Waals surface area contributed by atoms with Gasteiger partial charge < -0.3 is 4.74 Å². The van der Waals surface area contributed by atoms with Crippen LogP contribution in [-0.4, -0.2) is 17.5 Å². The van der Waals surface area contributed by atoms with Crippen molar-refractivity contribution in [3.63, 3.8) is 0 Å². The molecular formula is C11H15Cl2NO. The van der Waals surface area contributed by atoms with Crippen molar-refractivity contribution < 1.29 is 4.74 Å². The van der Waals surface area contributed by atoms with Gasteiger partial charge in [-0.05, 0) is 12.8 Å². The molecule has 0 radical (unpaired) electrons. The third-order valence-corrected chi connectivity index (χ3v) is 2.45. The van der Waals surface area contributed by atoms with Gasteiger partial charge in [0.25, 0.3) is 0 Å². The van der Waals surface area contributed by atoms with Crippen LogP contribution in [0.3, 0.4) is 0 Å². The zero-order chi connectivity index (χ0) is 10.9. The van der Waals surface area contributed by atoms with Crippen molar-refractivity contribution in [2.45, 2.75) is 25.7 Å². The summed E-state index contributed by atoms with van der Waals surface area (Å²) < 4.78 is 5.49. The van der Waals surface area contributed by atoms with E-state index >= 15 is 0 Å². The van der Waals surface area contributed by atoms with Crippen molar-refractivity contribution in [3.05, 3.63) is 23.5 Å². The van der Waals surface area contributed by atoms with Crippen LogP contribution in [0.4, 0.5) is 0 Å². The van der Waals surface area contributed by atoms with E-state index in [0.29, 0.717) is 11.6 Å². The number of hydrogen-bond donors (Lipinski definition) is 0. The molecule has 15 heavy (non-hydrogen) atoms. The summed E-state index contributed by atoms with van der Waals surface area (Å²) in [6.07, 6.45) is 7.71. The number of nitrogens with zero attached hydrogens (tertiary/aromatic N) is 1. The Morgan fingerprint density at radius 1 is 1.13 bits per heavy atom. The van der Waals surface area contributed by atoms with Gasteiger partial charge in [-0.25, -0.2) is 0 Å². The van der Waals surface area contributed by atoms with Crippen LogP contribution in [0.2, 0.25) is 5.02 Å². The van der Waals surface area contributed by atoms with E-state index in [1.807, 2.05) is 0 Å². The maximum Gasteiger partial charge on any atom is 0.139 e. The summed E-state index contributed by atoms with van der Waals surface area (Å²) in [7, 11) is 0. The minimum absolute atomic E-state index is 0.606. The van der Waals surface area contributed by atoms with E-state index in [1.165, 1.54) is 6.42 Å². The fourth-order valence-corrected chi connectivity index (χ4v) is 1.56. The minimum Gasteiger partial charge on any atom is -0.492 e. The maximum absolute atomic E-state index is 5.77. The normalized spacial score (nSPS) is 10.3. The Bertz CT molecular complexity index is 281. The molecule has 2 nitrogen and oxygen atoms in total. The van der Waals surface area contributed by atoms with E-state index in [4.69, 9.17) is 27.9 Å². The van der Waals surface area contributed by atoms with Crippen LogP contribution in [0.1, 0.15) is 25.7 Å². The summed E-state index contributed by atoms with van der Waals surface area (Å²) >= 11 is 11.3. The number of rotatable bonds is 7. The van der Waals surface area contributed by atoms with Crippen LogP contribution in [0.25, 0.3) is 0 Å². The van der Waals surface area contributed by atoms with Crippen LogP contribution in [0.5, 0.6) is 5.75 Å². The molecule has 0 bridgehead atoms. The molecule has 1 aromatic rings. The van der Waals surface area contributed by atoms with Gasteiger partial charge in [-0.3, -0.25) is 4.98 Å². The Morgan fingerprint density at radius 2 is 1.93 bits per heavy atom. The molecule has 0 spiro atoms. The van der Waals surface area contributed by atoms with Crippen molar-refractivity contribution in [1.29, 1.82) is 0 Å². The molecule has 0 amide bonds. The molecule has 0 saturated heterocycles. The van der Waals surface area contributed by atoms with E-state index in [0.717, 1.165) is 30.9 Å². The van der Waals surface area contributed by atoms with E-state index in [1.54, 1.807) is 18.5 Å². The minimum atomic E-state index is 0.606. The Kier molecular flexibility index (Phi) is 6.53. The first-order valence-electron chi connectivity index (χ1n) is 5.12. The Morgan fingerprint density at radius 3 is 2.67 bits per heavy atom. The lowest BCUT2D eigenvalue weighted by Crippen LogP contribution is -1.97. The summed E-state index contributed by atoms with van der Waals surface area (Å²) in [6.45, 7) is 0.713. The molecule has 0 saturated carbocycles. The number of aromatic nitrogens is 1. The van der Waals surface area contributed by atoms with Gasteiger partial charge in [-0.2, -0.15) is 0 Å². The predicted molar refractivity (Wildman–Crippen MR) is 63.9 cm³/mol. The van der Waals surface area contributed by atoms with Crippen molar-refractivity contribution in [3.8, 4) is 5.75 Å². The summed E-state index contributed by atoms with van der Waals surface area (Å²) in [5.74, 6) is 1.49. The largest absolute Gasteiger partial charge is 0.492 e. The number of unbranched alkanes of at least 4 members (excludes halogenated alkanes) is 3. The fraction of sp³-hybridized carbons (Fsp3) is 0.545. The zero-order valence-electron chi connectivity index (χ0n) is 8.59. The Hall–Kier alpha value is -0.470. The van der Waals surface area contributed by atoms with Gasteiger partial charge in [0.05, 0.1) is 17.8 Å². The highest BCUT2D eigenvalue weighted by molar-refractivity contribution is 6.30. The summed E-state index contributed by atoms with van der Waals surface area (Å²) in [6, 6.07) is 1.77. The monoisotopic (exact) mass is 247 g/mol. The molecule has 0 unspecified atom stereocenters. The smallest absolute Gasteiger partial charge is 0.139 e. The van der Waals surface area contributed by atoms with Crippen molar-refractivity contribution in [1.82, 2.24) is 4.98 Å². The van der Waals surface area contributed by atoms with Crippen molar-refractivity contribution in [2.75, 3.05) is 12.5 Å². The standard InChI is InChI=1S/C11H15Cl2NO/c12-5-3-1-2-4-6-15-11-7-10(13)8-14-9-11/h7-9H,1-6H2. The first-order valence-corrected chi connectivity index (χ1v) is 6.03. The molecule has 4 heteroatoms. The number of pyridine rings is 1. The van der Waals surface area contributed by atoms with Gasteiger partial charge in [0.2, 0.25) is 0 Å². The van der Waals surface area contributed by atoms with E-state index in [2.05, 4.69) is 4.98 Å². The lowest BCUT2D eigenvalue weighted by atomic mass is 10.2. The molecule has 0 atom stereocenters. The summed E-state index contributed by atoms with van der Waals surface area (Å²) in [4.78, 5) is 3.94. The third kappa shape index (κ3) is 5.85. The highest BCUT2D eigenvalue weighted by atomic mass is 35.5. The molecule has 0 fully saturated rings. The second-order valence-electron chi connectivity index (χ2n) is 3.29. The number of halogens is 2. The second-order valence-corrected chi connectivity index (χ2v) is 4.10. The molecule has 1 aromatic heterocycles. The number of ether oxygens (including phenoxy) is 1.